The quantitative estimate of drug-likeness (QED) is 0.744. The third-order valence-electron chi connectivity index (χ3n) is 2.97. The number of nitrogens with zero attached hydrogens (tertiary/aromatic N) is 2. The second kappa shape index (κ2) is 5.61. The average Bonchev–Trinajstić information content (AvgIpc) is 2.92. The number of hydrogen-bond donors (Lipinski definition) is 0. The molecule has 0 fully saturated rings. The lowest BCUT2D eigenvalue weighted by atomic mass is 10.2. The Labute approximate surface area is 122 Å². The van der Waals surface area contributed by atoms with Crippen LogP contribution in [-0.2, 0) is 6.54 Å². The Morgan fingerprint density at radius 1 is 1.29 bits per heavy atom. The van der Waals surface area contributed by atoms with Gasteiger partial charge in [-0.15, -0.1) is 11.3 Å². The first-order chi connectivity index (χ1) is 10.1. The van der Waals surface area contributed by atoms with Gasteiger partial charge in [0.15, 0.2) is 0 Å². The number of para-hydroxylation sites is 1. The van der Waals surface area contributed by atoms with Crippen molar-refractivity contribution in [2.75, 3.05) is 0 Å². The number of rotatable bonds is 4. The van der Waals surface area contributed by atoms with Crippen molar-refractivity contribution in [3.05, 3.63) is 58.0 Å². The molecule has 1 aromatic carbocycles. The van der Waals surface area contributed by atoms with E-state index in [9.17, 15) is 13.6 Å². The highest BCUT2D eigenvalue weighted by Gasteiger charge is 2.11. The standard InChI is InChI=1S/C14H10F2N2O2S/c15-14(16)20-11-4-2-1-3-9(11)7-18-8-17-10-5-6-21-12(10)13(18)19/h1-6,8,14H,7H2. The van der Waals surface area contributed by atoms with Crippen molar-refractivity contribution in [2.45, 2.75) is 13.2 Å². The Morgan fingerprint density at radius 2 is 2.10 bits per heavy atom. The Morgan fingerprint density at radius 3 is 2.90 bits per heavy atom. The molecule has 0 N–H and O–H groups in total. The number of halogens is 2. The second-order valence-electron chi connectivity index (χ2n) is 4.30. The topological polar surface area (TPSA) is 44.1 Å². The second-order valence-corrected chi connectivity index (χ2v) is 5.21. The molecule has 7 heteroatoms. The lowest BCUT2D eigenvalue weighted by Crippen LogP contribution is -2.20. The first-order valence-corrected chi connectivity index (χ1v) is 6.98. The first kappa shape index (κ1) is 13.7. The van der Waals surface area contributed by atoms with Crippen LogP contribution in [0.2, 0.25) is 0 Å². The number of benzene rings is 1. The van der Waals surface area contributed by atoms with E-state index < -0.39 is 6.61 Å². The summed E-state index contributed by atoms with van der Waals surface area (Å²) < 4.78 is 31.2. The molecule has 2 aromatic heterocycles. The van der Waals surface area contributed by atoms with E-state index in [2.05, 4.69) is 9.72 Å². The van der Waals surface area contributed by atoms with Gasteiger partial charge in [-0.05, 0) is 17.5 Å². The van der Waals surface area contributed by atoms with Crippen LogP contribution in [0.1, 0.15) is 5.56 Å². The summed E-state index contributed by atoms with van der Waals surface area (Å²) in [4.78, 5) is 16.4. The minimum atomic E-state index is -2.90. The molecule has 108 valence electrons. The largest absolute Gasteiger partial charge is 0.434 e. The van der Waals surface area contributed by atoms with Gasteiger partial charge in [-0.1, -0.05) is 18.2 Å². The number of alkyl halides is 2. The molecule has 21 heavy (non-hydrogen) atoms. The molecule has 0 aliphatic heterocycles. The summed E-state index contributed by atoms with van der Waals surface area (Å²) in [5.74, 6) is 0.0608. The molecule has 3 aromatic rings. The van der Waals surface area contributed by atoms with E-state index in [0.717, 1.165) is 0 Å². The predicted molar refractivity (Wildman–Crippen MR) is 76.1 cm³/mol. The fraction of sp³-hybridized carbons (Fsp3) is 0.143. The molecule has 0 aliphatic carbocycles. The minimum absolute atomic E-state index is 0.0608. The molecule has 3 rings (SSSR count). The molecule has 2 heterocycles. The highest BCUT2D eigenvalue weighted by Crippen LogP contribution is 2.21. The Hall–Kier alpha value is -2.28. The van der Waals surface area contributed by atoms with Gasteiger partial charge in [-0.25, -0.2) is 4.98 Å². The fourth-order valence-corrected chi connectivity index (χ4v) is 2.81. The lowest BCUT2D eigenvalue weighted by Gasteiger charge is -2.11. The zero-order valence-electron chi connectivity index (χ0n) is 10.7. The summed E-state index contributed by atoms with van der Waals surface area (Å²) in [5, 5.41) is 1.79. The van der Waals surface area contributed by atoms with E-state index in [0.29, 0.717) is 15.8 Å². The number of ether oxygens (including phenoxy) is 1. The lowest BCUT2D eigenvalue weighted by molar-refractivity contribution is -0.0504. The van der Waals surface area contributed by atoms with Crippen LogP contribution in [0.4, 0.5) is 8.78 Å². The normalized spacial score (nSPS) is 11.2. The van der Waals surface area contributed by atoms with Gasteiger partial charge in [0.1, 0.15) is 10.4 Å². The van der Waals surface area contributed by atoms with Crippen molar-refractivity contribution in [2.24, 2.45) is 0 Å². The van der Waals surface area contributed by atoms with Crippen LogP contribution in [-0.4, -0.2) is 16.2 Å². The monoisotopic (exact) mass is 308 g/mol. The molecule has 0 saturated carbocycles. The third kappa shape index (κ3) is 2.78. The van der Waals surface area contributed by atoms with Gasteiger partial charge >= 0.3 is 6.61 Å². The van der Waals surface area contributed by atoms with Gasteiger partial charge < -0.3 is 4.74 Å². The van der Waals surface area contributed by atoms with Crippen molar-refractivity contribution in [3.63, 3.8) is 0 Å². The predicted octanol–water partition coefficient (Wildman–Crippen LogP) is 3.11. The van der Waals surface area contributed by atoms with Gasteiger partial charge in [0.2, 0.25) is 0 Å². The van der Waals surface area contributed by atoms with E-state index in [1.807, 2.05) is 0 Å². The minimum Gasteiger partial charge on any atom is -0.434 e. The molecule has 0 atom stereocenters. The number of fused-ring (bicyclic) bond motifs is 1. The molecule has 0 unspecified atom stereocenters. The smallest absolute Gasteiger partial charge is 0.387 e. The van der Waals surface area contributed by atoms with E-state index in [4.69, 9.17) is 0 Å². The average molecular weight is 308 g/mol. The van der Waals surface area contributed by atoms with Crippen LogP contribution < -0.4 is 10.3 Å². The van der Waals surface area contributed by atoms with E-state index in [1.165, 1.54) is 28.3 Å². The fourth-order valence-electron chi connectivity index (χ4n) is 2.02. The highest BCUT2D eigenvalue weighted by molar-refractivity contribution is 7.17. The van der Waals surface area contributed by atoms with Crippen molar-refractivity contribution < 1.29 is 13.5 Å². The summed E-state index contributed by atoms with van der Waals surface area (Å²) >= 11 is 1.31. The SMILES string of the molecule is O=c1c2sccc2ncn1Cc1ccccc1OC(F)F. The maximum atomic E-state index is 12.4. The van der Waals surface area contributed by atoms with E-state index >= 15 is 0 Å². The van der Waals surface area contributed by atoms with Gasteiger partial charge in [0.25, 0.3) is 5.56 Å². The van der Waals surface area contributed by atoms with Crippen LogP contribution in [0.5, 0.6) is 5.75 Å². The van der Waals surface area contributed by atoms with E-state index in [1.54, 1.807) is 29.6 Å². The van der Waals surface area contributed by atoms with Crippen LogP contribution in [0.3, 0.4) is 0 Å². The molecule has 0 bridgehead atoms. The molecule has 0 radical (unpaired) electrons. The summed E-state index contributed by atoms with van der Waals surface area (Å²) in [5.41, 5.74) is 0.942. The molecule has 0 amide bonds. The van der Waals surface area contributed by atoms with Gasteiger partial charge in [-0.3, -0.25) is 9.36 Å². The molecule has 0 saturated heterocycles. The van der Waals surface area contributed by atoms with Crippen LogP contribution in [0.25, 0.3) is 10.2 Å². The van der Waals surface area contributed by atoms with Gasteiger partial charge in [0, 0.05) is 5.56 Å². The summed E-state index contributed by atoms with van der Waals surface area (Å²) in [7, 11) is 0. The Bertz CT molecular complexity index is 829. The maximum absolute atomic E-state index is 12.4. The van der Waals surface area contributed by atoms with Crippen LogP contribution in [0.15, 0.2) is 46.8 Å². The number of aromatic nitrogens is 2. The van der Waals surface area contributed by atoms with Crippen LogP contribution >= 0.6 is 11.3 Å². The van der Waals surface area contributed by atoms with Crippen LogP contribution in [0, 0.1) is 0 Å². The number of thiophene rings is 1. The Kier molecular flexibility index (Phi) is 3.66. The van der Waals surface area contributed by atoms with Gasteiger partial charge in [0.05, 0.1) is 18.4 Å². The zero-order chi connectivity index (χ0) is 14.8. The Balaban J connectivity index is 1.99. The summed E-state index contributed by atoms with van der Waals surface area (Å²) in [6.07, 6.45) is 1.41. The highest BCUT2D eigenvalue weighted by atomic mass is 32.1. The summed E-state index contributed by atoms with van der Waals surface area (Å²) in [6.45, 7) is -2.77. The third-order valence-corrected chi connectivity index (χ3v) is 3.86. The molecular weight excluding hydrogens is 298 g/mol. The van der Waals surface area contributed by atoms with Crippen molar-refractivity contribution in [1.82, 2.24) is 9.55 Å². The maximum Gasteiger partial charge on any atom is 0.387 e. The van der Waals surface area contributed by atoms with Crippen molar-refractivity contribution >= 4 is 21.6 Å². The van der Waals surface area contributed by atoms with Gasteiger partial charge in [-0.2, -0.15) is 8.78 Å². The molecule has 0 spiro atoms. The molecular formula is C14H10F2N2O2S. The van der Waals surface area contributed by atoms with Crippen molar-refractivity contribution in [1.29, 1.82) is 0 Å². The molecule has 0 aliphatic rings. The molecule has 4 nitrogen and oxygen atoms in total. The van der Waals surface area contributed by atoms with Crippen molar-refractivity contribution in [3.8, 4) is 5.75 Å². The first-order valence-electron chi connectivity index (χ1n) is 6.10. The summed E-state index contributed by atoms with van der Waals surface area (Å²) in [6, 6.07) is 8.16. The number of hydrogen-bond acceptors (Lipinski definition) is 4. The zero-order valence-corrected chi connectivity index (χ0v) is 11.5. The van der Waals surface area contributed by atoms with E-state index in [-0.39, 0.29) is 17.9 Å².